The molecule has 4 heteroatoms. The van der Waals surface area contributed by atoms with Crippen molar-refractivity contribution in [1.29, 1.82) is 0 Å². The molecule has 0 saturated heterocycles. The summed E-state index contributed by atoms with van der Waals surface area (Å²) in [5.74, 6) is 0.0394. The molecule has 1 heterocycles. The van der Waals surface area contributed by atoms with E-state index in [0.29, 0.717) is 11.4 Å². The van der Waals surface area contributed by atoms with E-state index in [1.807, 2.05) is 12.1 Å². The molecule has 2 nitrogen and oxygen atoms in total. The molecule has 1 aromatic rings. The number of alkyl halides is 1. The number of carbonyl (C=O) groups is 1. The molecule has 0 fully saturated rings. The molecule has 1 unspecified atom stereocenters. The van der Waals surface area contributed by atoms with E-state index in [-0.39, 0.29) is 5.91 Å². The van der Waals surface area contributed by atoms with Crippen LogP contribution in [0.5, 0.6) is 0 Å². The van der Waals surface area contributed by atoms with Crippen LogP contribution in [-0.4, -0.2) is 17.3 Å². The van der Waals surface area contributed by atoms with E-state index < -0.39 is 0 Å². The summed E-state index contributed by atoms with van der Waals surface area (Å²) >= 11 is 5.06. The van der Waals surface area contributed by atoms with Gasteiger partial charge in [-0.05, 0) is 25.0 Å². The number of nitrogens with one attached hydrogen (secondary N) is 1. The first-order valence-electron chi connectivity index (χ1n) is 5.18. The van der Waals surface area contributed by atoms with Crippen LogP contribution in [0, 0.1) is 0 Å². The second-order valence-corrected chi connectivity index (χ2v) is 5.80. The molecule has 0 aliphatic rings. The van der Waals surface area contributed by atoms with Gasteiger partial charge in [0, 0.05) is 16.2 Å². The highest BCUT2D eigenvalue weighted by atomic mass is 79.9. The first-order chi connectivity index (χ1) is 7.17. The number of thiophene rings is 1. The molecule has 0 aromatic carbocycles. The fourth-order valence-electron chi connectivity index (χ4n) is 1.12. The number of carbonyl (C=O) groups excluding carboxylic acids is 1. The highest BCUT2D eigenvalue weighted by Gasteiger charge is 2.09. The lowest BCUT2D eigenvalue weighted by atomic mass is 10.3. The molecule has 0 bridgehead atoms. The second-order valence-electron chi connectivity index (χ2n) is 3.34. The molecule has 0 radical (unpaired) electrons. The van der Waals surface area contributed by atoms with Gasteiger partial charge in [0.1, 0.15) is 0 Å². The quantitative estimate of drug-likeness (QED) is 0.829. The molecule has 84 valence electrons. The fourth-order valence-corrected chi connectivity index (χ4v) is 2.15. The lowest BCUT2D eigenvalue weighted by Gasteiger charge is -2.07. The van der Waals surface area contributed by atoms with E-state index in [1.165, 1.54) is 4.88 Å². The summed E-state index contributed by atoms with van der Waals surface area (Å²) in [6, 6.07) is 3.92. The number of halogens is 1. The molecule has 0 aliphatic carbocycles. The first kappa shape index (κ1) is 12.7. The molecule has 1 aromatic heterocycles. The summed E-state index contributed by atoms with van der Waals surface area (Å²) in [6.45, 7) is 4.87. The zero-order chi connectivity index (χ0) is 11.3. The molecule has 1 atom stereocenters. The van der Waals surface area contributed by atoms with Gasteiger partial charge in [0.2, 0.25) is 0 Å². The number of rotatable bonds is 5. The largest absolute Gasteiger partial charge is 0.350 e. The van der Waals surface area contributed by atoms with Gasteiger partial charge in [-0.3, -0.25) is 4.79 Å². The first-order valence-corrected chi connectivity index (χ1v) is 6.91. The Morgan fingerprint density at radius 1 is 1.53 bits per heavy atom. The Hall–Kier alpha value is -0.350. The van der Waals surface area contributed by atoms with Crippen molar-refractivity contribution >= 4 is 33.2 Å². The minimum absolute atomic E-state index is 0.0394. The van der Waals surface area contributed by atoms with E-state index >= 15 is 0 Å². The van der Waals surface area contributed by atoms with Gasteiger partial charge in [0.05, 0.1) is 4.88 Å². The van der Waals surface area contributed by atoms with E-state index in [0.717, 1.165) is 17.7 Å². The second kappa shape index (κ2) is 6.28. The van der Waals surface area contributed by atoms with Gasteiger partial charge >= 0.3 is 0 Å². The topological polar surface area (TPSA) is 29.1 Å². The number of amides is 1. The van der Waals surface area contributed by atoms with Crippen LogP contribution in [0.2, 0.25) is 0 Å². The zero-order valence-corrected chi connectivity index (χ0v) is 11.5. The predicted octanol–water partition coefficient (Wildman–Crippen LogP) is 3.21. The van der Waals surface area contributed by atoms with Crippen molar-refractivity contribution in [2.24, 2.45) is 0 Å². The van der Waals surface area contributed by atoms with E-state index in [9.17, 15) is 4.79 Å². The summed E-state index contributed by atoms with van der Waals surface area (Å²) in [5.41, 5.74) is 0. The highest BCUT2D eigenvalue weighted by molar-refractivity contribution is 9.09. The van der Waals surface area contributed by atoms with Gasteiger partial charge < -0.3 is 5.32 Å². The van der Waals surface area contributed by atoms with E-state index in [4.69, 9.17) is 0 Å². The SMILES string of the molecule is CCc1ccc(C(=O)NCC(Br)CC)s1. The van der Waals surface area contributed by atoms with Crippen LogP contribution in [0.4, 0.5) is 0 Å². The number of hydrogen-bond acceptors (Lipinski definition) is 2. The summed E-state index contributed by atoms with van der Waals surface area (Å²) in [5, 5.41) is 2.91. The number of aryl methyl sites for hydroxylation is 1. The molecular weight excluding hydrogens is 274 g/mol. The van der Waals surface area contributed by atoms with Crippen molar-refractivity contribution in [2.45, 2.75) is 31.5 Å². The van der Waals surface area contributed by atoms with Crippen LogP contribution in [-0.2, 0) is 6.42 Å². The molecule has 0 aliphatic heterocycles. The monoisotopic (exact) mass is 289 g/mol. The van der Waals surface area contributed by atoms with Crippen LogP contribution >= 0.6 is 27.3 Å². The third-order valence-electron chi connectivity index (χ3n) is 2.16. The lowest BCUT2D eigenvalue weighted by Crippen LogP contribution is -2.28. The average molecular weight is 290 g/mol. The Balaban J connectivity index is 2.46. The Morgan fingerprint density at radius 3 is 2.80 bits per heavy atom. The minimum Gasteiger partial charge on any atom is -0.350 e. The van der Waals surface area contributed by atoms with Crippen molar-refractivity contribution in [3.63, 3.8) is 0 Å². The highest BCUT2D eigenvalue weighted by Crippen LogP contribution is 2.16. The molecule has 1 rings (SSSR count). The zero-order valence-electron chi connectivity index (χ0n) is 9.05. The molecule has 0 saturated carbocycles. The molecule has 15 heavy (non-hydrogen) atoms. The van der Waals surface area contributed by atoms with Crippen LogP contribution < -0.4 is 5.32 Å². The molecular formula is C11H16BrNOS. The summed E-state index contributed by atoms with van der Waals surface area (Å²) in [4.78, 5) is 14.1. The Kier molecular flexibility index (Phi) is 5.32. The van der Waals surface area contributed by atoms with Gasteiger partial charge in [-0.25, -0.2) is 0 Å². The van der Waals surface area contributed by atoms with Crippen LogP contribution in [0.15, 0.2) is 12.1 Å². The molecule has 1 N–H and O–H groups in total. The van der Waals surface area contributed by atoms with Gasteiger partial charge in [0.15, 0.2) is 0 Å². The van der Waals surface area contributed by atoms with E-state index in [2.05, 4.69) is 35.1 Å². The minimum atomic E-state index is 0.0394. The molecule has 0 spiro atoms. The fraction of sp³-hybridized carbons (Fsp3) is 0.545. The van der Waals surface area contributed by atoms with Crippen molar-refractivity contribution in [3.05, 3.63) is 21.9 Å². The smallest absolute Gasteiger partial charge is 0.261 e. The van der Waals surface area contributed by atoms with Crippen LogP contribution in [0.3, 0.4) is 0 Å². The van der Waals surface area contributed by atoms with Crippen LogP contribution in [0.1, 0.15) is 34.8 Å². The average Bonchev–Trinajstić information content (AvgIpc) is 2.73. The van der Waals surface area contributed by atoms with Crippen molar-refractivity contribution in [3.8, 4) is 0 Å². The van der Waals surface area contributed by atoms with Crippen LogP contribution in [0.25, 0.3) is 0 Å². The Morgan fingerprint density at radius 2 is 2.27 bits per heavy atom. The van der Waals surface area contributed by atoms with Crippen molar-refractivity contribution in [2.75, 3.05) is 6.54 Å². The predicted molar refractivity (Wildman–Crippen MR) is 69.0 cm³/mol. The third-order valence-corrected chi connectivity index (χ3v) is 4.36. The lowest BCUT2D eigenvalue weighted by molar-refractivity contribution is 0.0958. The van der Waals surface area contributed by atoms with Gasteiger partial charge in [-0.15, -0.1) is 11.3 Å². The van der Waals surface area contributed by atoms with Gasteiger partial charge in [-0.1, -0.05) is 29.8 Å². The third kappa shape index (κ3) is 3.95. The maximum Gasteiger partial charge on any atom is 0.261 e. The maximum atomic E-state index is 11.7. The Bertz CT molecular complexity index is 324. The van der Waals surface area contributed by atoms with Crippen molar-refractivity contribution in [1.82, 2.24) is 5.32 Å². The number of hydrogen-bond donors (Lipinski definition) is 1. The van der Waals surface area contributed by atoms with Crippen molar-refractivity contribution < 1.29 is 4.79 Å². The van der Waals surface area contributed by atoms with Gasteiger partial charge in [0.25, 0.3) is 5.91 Å². The molecule has 1 amide bonds. The van der Waals surface area contributed by atoms with Gasteiger partial charge in [-0.2, -0.15) is 0 Å². The van der Waals surface area contributed by atoms with E-state index in [1.54, 1.807) is 11.3 Å². The maximum absolute atomic E-state index is 11.7. The Labute approximate surface area is 103 Å². The summed E-state index contributed by atoms with van der Waals surface area (Å²) in [7, 11) is 0. The normalized spacial score (nSPS) is 12.5. The summed E-state index contributed by atoms with van der Waals surface area (Å²) < 4.78 is 0. The summed E-state index contributed by atoms with van der Waals surface area (Å²) in [6.07, 6.45) is 2.01. The standard InChI is InChI=1S/C11H16BrNOS/c1-3-8(12)7-13-11(14)10-6-5-9(4-2)15-10/h5-6,8H,3-4,7H2,1-2H3,(H,13,14).